The molecule has 0 aromatic carbocycles. The van der Waals surface area contributed by atoms with E-state index in [1.807, 2.05) is 0 Å². The van der Waals surface area contributed by atoms with E-state index in [4.69, 9.17) is 0 Å². The highest BCUT2D eigenvalue weighted by atomic mass is 79.9. The second-order valence-corrected chi connectivity index (χ2v) is 2.98. The van der Waals surface area contributed by atoms with Crippen LogP contribution in [0.2, 0.25) is 0 Å². The number of ether oxygens (including phenoxy) is 1. The molecule has 0 amide bonds. The van der Waals surface area contributed by atoms with Crippen LogP contribution in [0.5, 0.6) is 0 Å². The first-order chi connectivity index (χ1) is 5.81. The predicted molar refractivity (Wildman–Crippen MR) is 51.5 cm³/mol. The zero-order chi connectivity index (χ0) is 9.23. The second kappa shape index (κ2) is 8.96. The van der Waals surface area contributed by atoms with Crippen molar-refractivity contribution in [3.8, 4) is 0 Å². The van der Waals surface area contributed by atoms with Gasteiger partial charge in [0.05, 0.1) is 13.7 Å². The number of hydrogen-bond donors (Lipinski definition) is 2. The van der Waals surface area contributed by atoms with Crippen LogP contribution in [0.15, 0.2) is 0 Å². The molecule has 0 radical (unpaired) electrons. The molecule has 0 fully saturated rings. The number of esters is 1. The number of alkyl halides is 1. The van der Waals surface area contributed by atoms with Crippen molar-refractivity contribution in [3.63, 3.8) is 0 Å². The maximum Gasteiger partial charge on any atom is 0.319 e. The van der Waals surface area contributed by atoms with E-state index in [0.29, 0.717) is 0 Å². The molecule has 0 unspecified atom stereocenters. The highest BCUT2D eigenvalue weighted by molar-refractivity contribution is 9.09. The molecule has 72 valence electrons. The Morgan fingerprint density at radius 1 is 1.33 bits per heavy atom. The summed E-state index contributed by atoms with van der Waals surface area (Å²) in [6.07, 6.45) is 0. The quantitative estimate of drug-likeness (QED) is 0.365. The fraction of sp³-hybridized carbons (Fsp3) is 0.857. The number of carbonyl (C=O) groups is 1. The van der Waals surface area contributed by atoms with Crippen molar-refractivity contribution in [2.24, 2.45) is 0 Å². The molecule has 0 bridgehead atoms. The molecule has 5 heteroatoms. The SMILES string of the molecule is COC(=O)CNCCNCCBr. The van der Waals surface area contributed by atoms with Gasteiger partial charge in [0.1, 0.15) is 0 Å². The molecule has 0 saturated carbocycles. The van der Waals surface area contributed by atoms with E-state index in [1.54, 1.807) is 0 Å². The third-order valence-electron chi connectivity index (χ3n) is 1.25. The normalized spacial score (nSPS) is 9.83. The standard InChI is InChI=1S/C7H15BrN2O2/c1-12-7(11)6-10-5-4-9-3-2-8/h9-10H,2-6H2,1H3. The van der Waals surface area contributed by atoms with Gasteiger partial charge in [0.2, 0.25) is 0 Å². The molecule has 0 rings (SSSR count). The summed E-state index contributed by atoms with van der Waals surface area (Å²) in [5.41, 5.74) is 0. The molecule has 0 aromatic heterocycles. The average Bonchev–Trinajstić information content (AvgIpc) is 2.10. The van der Waals surface area contributed by atoms with Crippen molar-refractivity contribution >= 4 is 21.9 Å². The lowest BCUT2D eigenvalue weighted by atomic mass is 10.5. The van der Waals surface area contributed by atoms with Gasteiger partial charge in [-0.15, -0.1) is 0 Å². The van der Waals surface area contributed by atoms with Gasteiger partial charge in [-0.05, 0) is 0 Å². The lowest BCUT2D eigenvalue weighted by Crippen LogP contribution is -2.32. The monoisotopic (exact) mass is 238 g/mol. The Balaban J connectivity index is 2.95. The molecular formula is C7H15BrN2O2. The topological polar surface area (TPSA) is 50.4 Å². The van der Waals surface area contributed by atoms with Crippen LogP contribution in [-0.2, 0) is 9.53 Å². The van der Waals surface area contributed by atoms with Crippen molar-refractivity contribution in [2.75, 3.05) is 38.6 Å². The van der Waals surface area contributed by atoms with Crippen molar-refractivity contribution in [2.45, 2.75) is 0 Å². The van der Waals surface area contributed by atoms with Gasteiger partial charge in [-0.3, -0.25) is 4.79 Å². The molecular weight excluding hydrogens is 224 g/mol. The van der Waals surface area contributed by atoms with Gasteiger partial charge in [0, 0.05) is 25.0 Å². The molecule has 0 saturated heterocycles. The van der Waals surface area contributed by atoms with Crippen LogP contribution in [0, 0.1) is 0 Å². The Hall–Kier alpha value is -0.130. The smallest absolute Gasteiger partial charge is 0.319 e. The molecule has 0 aromatic rings. The van der Waals surface area contributed by atoms with Crippen molar-refractivity contribution in [3.05, 3.63) is 0 Å². The fourth-order valence-corrected chi connectivity index (χ4v) is 0.912. The molecule has 0 spiro atoms. The molecule has 0 aliphatic heterocycles. The van der Waals surface area contributed by atoms with Gasteiger partial charge in [-0.2, -0.15) is 0 Å². The summed E-state index contributed by atoms with van der Waals surface area (Å²) >= 11 is 3.30. The van der Waals surface area contributed by atoms with E-state index < -0.39 is 0 Å². The molecule has 12 heavy (non-hydrogen) atoms. The van der Waals surface area contributed by atoms with E-state index in [0.717, 1.165) is 25.0 Å². The Bertz CT molecular complexity index is 122. The summed E-state index contributed by atoms with van der Waals surface area (Å²) in [7, 11) is 1.38. The summed E-state index contributed by atoms with van der Waals surface area (Å²) in [4.78, 5) is 10.6. The van der Waals surface area contributed by atoms with Crippen LogP contribution >= 0.6 is 15.9 Å². The molecule has 0 aliphatic rings. The van der Waals surface area contributed by atoms with E-state index >= 15 is 0 Å². The molecule has 0 atom stereocenters. The van der Waals surface area contributed by atoms with Crippen LogP contribution in [0.4, 0.5) is 0 Å². The first kappa shape index (κ1) is 11.9. The van der Waals surface area contributed by atoms with Crippen LogP contribution in [-0.4, -0.2) is 44.6 Å². The van der Waals surface area contributed by atoms with Crippen LogP contribution in [0.1, 0.15) is 0 Å². The highest BCUT2D eigenvalue weighted by Crippen LogP contribution is 1.73. The van der Waals surface area contributed by atoms with Gasteiger partial charge in [0.15, 0.2) is 0 Å². The van der Waals surface area contributed by atoms with Gasteiger partial charge in [-0.25, -0.2) is 0 Å². The average molecular weight is 239 g/mol. The minimum absolute atomic E-state index is 0.226. The minimum atomic E-state index is -0.226. The Labute approximate surface area is 81.2 Å². The van der Waals surface area contributed by atoms with E-state index in [9.17, 15) is 4.79 Å². The first-order valence-corrected chi connectivity index (χ1v) is 4.97. The van der Waals surface area contributed by atoms with Crippen molar-refractivity contribution in [1.82, 2.24) is 10.6 Å². The van der Waals surface area contributed by atoms with E-state index in [2.05, 4.69) is 31.3 Å². The van der Waals surface area contributed by atoms with Gasteiger partial charge >= 0.3 is 5.97 Å². The first-order valence-electron chi connectivity index (χ1n) is 3.85. The largest absolute Gasteiger partial charge is 0.468 e. The Morgan fingerprint density at radius 2 is 2.00 bits per heavy atom. The number of hydrogen-bond acceptors (Lipinski definition) is 4. The second-order valence-electron chi connectivity index (χ2n) is 2.19. The van der Waals surface area contributed by atoms with Crippen LogP contribution < -0.4 is 10.6 Å². The highest BCUT2D eigenvalue weighted by Gasteiger charge is 1.96. The summed E-state index contributed by atoms with van der Waals surface area (Å²) in [5, 5.41) is 7.06. The van der Waals surface area contributed by atoms with Gasteiger partial charge in [-0.1, -0.05) is 15.9 Å². The Kier molecular flexibility index (Phi) is 8.86. The molecule has 0 heterocycles. The van der Waals surface area contributed by atoms with Crippen LogP contribution in [0.25, 0.3) is 0 Å². The van der Waals surface area contributed by atoms with Crippen molar-refractivity contribution in [1.29, 1.82) is 0 Å². The summed E-state index contributed by atoms with van der Waals surface area (Å²) < 4.78 is 4.45. The summed E-state index contributed by atoms with van der Waals surface area (Å²) in [6.45, 7) is 2.87. The fourth-order valence-electron chi connectivity index (χ4n) is 0.631. The zero-order valence-electron chi connectivity index (χ0n) is 7.23. The maximum absolute atomic E-state index is 10.6. The number of rotatable bonds is 7. The lowest BCUT2D eigenvalue weighted by Gasteiger charge is -2.03. The van der Waals surface area contributed by atoms with Gasteiger partial charge in [0.25, 0.3) is 0 Å². The van der Waals surface area contributed by atoms with Crippen LogP contribution in [0.3, 0.4) is 0 Å². The number of carbonyl (C=O) groups excluding carboxylic acids is 1. The third-order valence-corrected chi connectivity index (χ3v) is 1.64. The van der Waals surface area contributed by atoms with Gasteiger partial charge < -0.3 is 15.4 Å². The summed E-state index contributed by atoms with van der Waals surface area (Å²) in [6, 6.07) is 0. The molecule has 4 nitrogen and oxygen atoms in total. The van der Waals surface area contributed by atoms with E-state index in [-0.39, 0.29) is 12.5 Å². The number of halogens is 1. The Morgan fingerprint density at radius 3 is 2.58 bits per heavy atom. The summed E-state index contributed by atoms with van der Waals surface area (Å²) in [5.74, 6) is -0.226. The maximum atomic E-state index is 10.6. The molecule has 0 aliphatic carbocycles. The van der Waals surface area contributed by atoms with Crippen molar-refractivity contribution < 1.29 is 9.53 Å². The molecule has 2 N–H and O–H groups in total. The minimum Gasteiger partial charge on any atom is -0.468 e. The number of nitrogens with one attached hydrogen (secondary N) is 2. The predicted octanol–water partition coefficient (Wildman–Crippen LogP) is -0.266. The van der Waals surface area contributed by atoms with E-state index in [1.165, 1.54) is 7.11 Å². The zero-order valence-corrected chi connectivity index (χ0v) is 8.82. The number of methoxy groups -OCH3 is 1. The lowest BCUT2D eigenvalue weighted by molar-refractivity contribution is -0.139. The third kappa shape index (κ3) is 7.97.